The molecule has 0 spiro atoms. The first-order valence-electron chi connectivity index (χ1n) is 3.73. The van der Waals surface area contributed by atoms with Gasteiger partial charge in [-0.2, -0.15) is 5.10 Å². The summed E-state index contributed by atoms with van der Waals surface area (Å²) in [5.74, 6) is 0. The first kappa shape index (κ1) is 7.03. The Morgan fingerprint density at radius 1 is 1.58 bits per heavy atom. The van der Waals surface area contributed by atoms with E-state index in [1.807, 2.05) is 13.0 Å². The SMILES string of the molecule is C=C(C)c1n[nH]c2cnccc12. The third-order valence-corrected chi connectivity index (χ3v) is 1.77. The van der Waals surface area contributed by atoms with Crippen LogP contribution in [-0.2, 0) is 0 Å². The second-order valence-electron chi connectivity index (χ2n) is 2.77. The maximum atomic E-state index is 4.13. The van der Waals surface area contributed by atoms with Gasteiger partial charge in [-0.1, -0.05) is 6.58 Å². The molecule has 3 nitrogen and oxygen atoms in total. The van der Waals surface area contributed by atoms with Crippen LogP contribution in [0.4, 0.5) is 0 Å². The predicted octanol–water partition coefficient (Wildman–Crippen LogP) is 1.99. The van der Waals surface area contributed by atoms with Crippen molar-refractivity contribution in [3.8, 4) is 0 Å². The fourth-order valence-electron chi connectivity index (χ4n) is 1.19. The van der Waals surface area contributed by atoms with Gasteiger partial charge >= 0.3 is 0 Å². The molecule has 0 unspecified atom stereocenters. The molecule has 2 heterocycles. The maximum Gasteiger partial charge on any atom is 0.0951 e. The van der Waals surface area contributed by atoms with Crippen LogP contribution in [0.15, 0.2) is 25.0 Å². The lowest BCUT2D eigenvalue weighted by Crippen LogP contribution is -1.77. The molecule has 0 atom stereocenters. The van der Waals surface area contributed by atoms with Gasteiger partial charge in [0.2, 0.25) is 0 Å². The van der Waals surface area contributed by atoms with E-state index in [0.29, 0.717) is 0 Å². The topological polar surface area (TPSA) is 41.6 Å². The van der Waals surface area contributed by atoms with Crippen molar-refractivity contribution < 1.29 is 0 Å². The van der Waals surface area contributed by atoms with Crippen molar-refractivity contribution in [2.75, 3.05) is 0 Å². The molecule has 2 rings (SSSR count). The molecule has 0 aliphatic rings. The highest BCUT2D eigenvalue weighted by Crippen LogP contribution is 2.19. The molecular weight excluding hydrogens is 150 g/mol. The van der Waals surface area contributed by atoms with E-state index < -0.39 is 0 Å². The average molecular weight is 159 g/mol. The van der Waals surface area contributed by atoms with Gasteiger partial charge in [0.25, 0.3) is 0 Å². The summed E-state index contributed by atoms with van der Waals surface area (Å²) in [7, 11) is 0. The third kappa shape index (κ3) is 0.906. The standard InChI is InChI=1S/C9H9N3/c1-6(2)9-7-3-4-10-5-8(7)11-12-9/h3-5H,1H2,2H3,(H,11,12). The number of allylic oxidation sites excluding steroid dienone is 1. The van der Waals surface area contributed by atoms with Crippen LogP contribution in [0.5, 0.6) is 0 Å². The van der Waals surface area contributed by atoms with Gasteiger partial charge in [0.15, 0.2) is 0 Å². The fraction of sp³-hybridized carbons (Fsp3) is 0.111. The zero-order chi connectivity index (χ0) is 8.55. The number of aromatic nitrogens is 3. The van der Waals surface area contributed by atoms with Gasteiger partial charge in [-0.3, -0.25) is 10.1 Å². The molecule has 0 fully saturated rings. The molecule has 0 aliphatic heterocycles. The van der Waals surface area contributed by atoms with E-state index in [1.165, 1.54) is 0 Å². The number of aromatic amines is 1. The van der Waals surface area contributed by atoms with Crippen LogP contribution in [0, 0.1) is 0 Å². The Balaban J connectivity index is 2.79. The van der Waals surface area contributed by atoms with E-state index in [4.69, 9.17) is 0 Å². The second-order valence-corrected chi connectivity index (χ2v) is 2.77. The fourth-order valence-corrected chi connectivity index (χ4v) is 1.19. The molecule has 0 radical (unpaired) electrons. The molecule has 2 aromatic rings. The van der Waals surface area contributed by atoms with Crippen LogP contribution in [0.2, 0.25) is 0 Å². The molecule has 1 N–H and O–H groups in total. The normalized spacial score (nSPS) is 10.4. The van der Waals surface area contributed by atoms with Crippen LogP contribution >= 0.6 is 0 Å². The Bertz CT molecular complexity index is 428. The quantitative estimate of drug-likeness (QED) is 0.691. The van der Waals surface area contributed by atoms with Crippen molar-refractivity contribution in [2.24, 2.45) is 0 Å². The van der Waals surface area contributed by atoms with E-state index in [0.717, 1.165) is 22.2 Å². The number of hydrogen-bond donors (Lipinski definition) is 1. The van der Waals surface area contributed by atoms with Gasteiger partial charge in [0.1, 0.15) is 0 Å². The molecule has 0 aromatic carbocycles. The number of nitrogens with one attached hydrogen (secondary N) is 1. The Kier molecular flexibility index (Phi) is 1.43. The molecule has 0 saturated carbocycles. The first-order valence-corrected chi connectivity index (χ1v) is 3.73. The van der Waals surface area contributed by atoms with Gasteiger partial charge in [-0.25, -0.2) is 0 Å². The molecule has 60 valence electrons. The van der Waals surface area contributed by atoms with Gasteiger partial charge in [-0.05, 0) is 18.6 Å². The molecule has 2 aromatic heterocycles. The van der Waals surface area contributed by atoms with E-state index in [1.54, 1.807) is 12.4 Å². The highest BCUT2D eigenvalue weighted by Gasteiger charge is 2.03. The number of H-pyrrole nitrogens is 1. The monoisotopic (exact) mass is 159 g/mol. The van der Waals surface area contributed by atoms with Gasteiger partial charge in [0, 0.05) is 11.6 Å². The smallest absolute Gasteiger partial charge is 0.0951 e. The minimum atomic E-state index is 0.924. The van der Waals surface area contributed by atoms with E-state index in [9.17, 15) is 0 Å². The predicted molar refractivity (Wildman–Crippen MR) is 48.6 cm³/mol. The number of pyridine rings is 1. The Labute approximate surface area is 70.1 Å². The summed E-state index contributed by atoms with van der Waals surface area (Å²) in [5.41, 5.74) is 2.84. The summed E-state index contributed by atoms with van der Waals surface area (Å²) in [6, 6.07) is 1.93. The number of fused-ring (bicyclic) bond motifs is 1. The summed E-state index contributed by atoms with van der Waals surface area (Å²) >= 11 is 0. The van der Waals surface area contributed by atoms with Gasteiger partial charge in [-0.15, -0.1) is 0 Å². The van der Waals surface area contributed by atoms with Crippen LogP contribution in [0.25, 0.3) is 16.5 Å². The van der Waals surface area contributed by atoms with Crippen molar-refractivity contribution in [3.05, 3.63) is 30.7 Å². The molecule has 3 heteroatoms. The number of hydrogen-bond acceptors (Lipinski definition) is 2. The lowest BCUT2D eigenvalue weighted by Gasteiger charge is -1.91. The lowest BCUT2D eigenvalue weighted by atomic mass is 10.2. The zero-order valence-electron chi connectivity index (χ0n) is 6.83. The van der Waals surface area contributed by atoms with Crippen molar-refractivity contribution in [1.29, 1.82) is 0 Å². The van der Waals surface area contributed by atoms with Crippen LogP contribution in [0.1, 0.15) is 12.6 Å². The van der Waals surface area contributed by atoms with Gasteiger partial charge in [0.05, 0.1) is 17.4 Å². The molecule has 0 saturated heterocycles. The van der Waals surface area contributed by atoms with Crippen LogP contribution in [-0.4, -0.2) is 15.2 Å². The van der Waals surface area contributed by atoms with Crippen molar-refractivity contribution in [2.45, 2.75) is 6.92 Å². The van der Waals surface area contributed by atoms with E-state index in [2.05, 4.69) is 21.8 Å². The minimum absolute atomic E-state index is 0.924. The third-order valence-electron chi connectivity index (χ3n) is 1.77. The number of nitrogens with zero attached hydrogens (tertiary/aromatic N) is 2. The largest absolute Gasteiger partial charge is 0.276 e. The van der Waals surface area contributed by atoms with E-state index in [-0.39, 0.29) is 0 Å². The van der Waals surface area contributed by atoms with Crippen LogP contribution < -0.4 is 0 Å². The van der Waals surface area contributed by atoms with Crippen molar-refractivity contribution in [1.82, 2.24) is 15.2 Å². The maximum absolute atomic E-state index is 4.13. The summed E-state index contributed by atoms with van der Waals surface area (Å²) in [6.45, 7) is 5.79. The molecule has 0 bridgehead atoms. The van der Waals surface area contributed by atoms with Crippen molar-refractivity contribution >= 4 is 16.5 Å². The second kappa shape index (κ2) is 2.44. The first-order chi connectivity index (χ1) is 5.79. The molecule has 12 heavy (non-hydrogen) atoms. The highest BCUT2D eigenvalue weighted by molar-refractivity contribution is 5.88. The Morgan fingerprint density at radius 2 is 2.42 bits per heavy atom. The number of rotatable bonds is 1. The van der Waals surface area contributed by atoms with Crippen LogP contribution in [0.3, 0.4) is 0 Å². The molecular formula is C9H9N3. The van der Waals surface area contributed by atoms with Gasteiger partial charge < -0.3 is 0 Å². The molecule has 0 amide bonds. The highest BCUT2D eigenvalue weighted by atomic mass is 15.1. The van der Waals surface area contributed by atoms with Crippen molar-refractivity contribution in [3.63, 3.8) is 0 Å². The Hall–Kier alpha value is -1.64. The Morgan fingerprint density at radius 3 is 3.17 bits per heavy atom. The average Bonchev–Trinajstić information content (AvgIpc) is 2.47. The summed E-state index contributed by atoms with van der Waals surface area (Å²) in [6.07, 6.45) is 3.51. The zero-order valence-corrected chi connectivity index (χ0v) is 6.83. The summed E-state index contributed by atoms with van der Waals surface area (Å²) in [4.78, 5) is 3.98. The molecule has 0 aliphatic carbocycles. The minimum Gasteiger partial charge on any atom is -0.276 e. The summed E-state index contributed by atoms with van der Waals surface area (Å²) in [5, 5.41) is 8.11. The lowest BCUT2D eigenvalue weighted by molar-refractivity contribution is 1.09. The summed E-state index contributed by atoms with van der Waals surface area (Å²) < 4.78 is 0. The van der Waals surface area contributed by atoms with E-state index >= 15 is 0 Å².